The average molecular weight is 389 g/mol. The van der Waals surface area contributed by atoms with Crippen LogP contribution in [0.2, 0.25) is 0 Å². The summed E-state index contributed by atoms with van der Waals surface area (Å²) in [4.78, 5) is 24.0. The van der Waals surface area contributed by atoms with Crippen LogP contribution in [-0.4, -0.2) is 77.1 Å². The summed E-state index contributed by atoms with van der Waals surface area (Å²) in [5, 5.41) is 0. The normalized spacial score (nSPS) is 26.5. The van der Waals surface area contributed by atoms with Gasteiger partial charge in [-0.3, -0.25) is 19.6 Å². The molecule has 0 saturated carbocycles. The van der Waals surface area contributed by atoms with Gasteiger partial charge in [0.25, 0.3) is 0 Å². The predicted octanol–water partition coefficient (Wildman–Crippen LogP) is 2.72. The number of likely N-dealkylation sites (tertiary alicyclic amines) is 3. The van der Waals surface area contributed by atoms with Crippen LogP contribution >= 0.6 is 0 Å². The van der Waals surface area contributed by atoms with Gasteiger partial charge in [-0.15, -0.1) is 0 Å². The van der Waals surface area contributed by atoms with Crippen LogP contribution < -0.4 is 0 Å². The molecule has 5 nitrogen and oxygen atoms in total. The summed E-state index contributed by atoms with van der Waals surface area (Å²) in [6, 6.07) is 4.79. The Hall–Kier alpha value is -1.53. The SMILES string of the molecule is O=C([C@H]1CCCN(C2CCN(Cc3ccncc3)CC2)C1)N1CCC(F)CC1. The summed E-state index contributed by atoms with van der Waals surface area (Å²) in [5.41, 5.74) is 1.33. The molecule has 3 aliphatic rings. The summed E-state index contributed by atoms with van der Waals surface area (Å²) in [7, 11) is 0. The van der Waals surface area contributed by atoms with Gasteiger partial charge in [0.2, 0.25) is 5.91 Å². The van der Waals surface area contributed by atoms with Crippen LogP contribution in [0.3, 0.4) is 0 Å². The fraction of sp³-hybridized carbons (Fsp3) is 0.727. The van der Waals surface area contributed by atoms with Crippen molar-refractivity contribution in [3.8, 4) is 0 Å². The number of nitrogens with zero attached hydrogens (tertiary/aromatic N) is 4. The Balaban J connectivity index is 1.25. The summed E-state index contributed by atoms with van der Waals surface area (Å²) >= 11 is 0. The Bertz CT molecular complexity index is 627. The molecule has 0 unspecified atom stereocenters. The van der Waals surface area contributed by atoms with Gasteiger partial charge in [-0.25, -0.2) is 4.39 Å². The Kier molecular flexibility index (Phi) is 6.58. The molecular weight excluding hydrogens is 355 g/mol. The summed E-state index contributed by atoms with van der Waals surface area (Å²) in [6.07, 6.45) is 8.49. The van der Waals surface area contributed by atoms with Crippen molar-refractivity contribution in [3.05, 3.63) is 30.1 Å². The van der Waals surface area contributed by atoms with Crippen molar-refractivity contribution in [3.63, 3.8) is 0 Å². The van der Waals surface area contributed by atoms with Gasteiger partial charge in [-0.2, -0.15) is 0 Å². The second-order valence-corrected chi connectivity index (χ2v) is 8.70. The second-order valence-electron chi connectivity index (χ2n) is 8.70. The zero-order valence-corrected chi connectivity index (χ0v) is 16.8. The van der Waals surface area contributed by atoms with Gasteiger partial charge in [0.05, 0.1) is 5.92 Å². The molecule has 154 valence electrons. The quantitative estimate of drug-likeness (QED) is 0.795. The monoisotopic (exact) mass is 388 g/mol. The van der Waals surface area contributed by atoms with Gasteiger partial charge in [-0.1, -0.05) is 0 Å². The van der Waals surface area contributed by atoms with E-state index in [-0.39, 0.29) is 11.8 Å². The maximum Gasteiger partial charge on any atom is 0.226 e. The molecule has 28 heavy (non-hydrogen) atoms. The van der Waals surface area contributed by atoms with E-state index in [2.05, 4.69) is 26.9 Å². The van der Waals surface area contributed by atoms with Crippen molar-refractivity contribution in [2.24, 2.45) is 5.92 Å². The molecule has 1 atom stereocenters. The standard InChI is InChI=1S/C22H33FN4O/c23-20-5-14-26(15-6-20)22(28)19-2-1-11-27(17-19)21-7-12-25(13-8-21)16-18-3-9-24-10-4-18/h3-4,9-10,19-21H,1-2,5-8,11-17H2/t19-/m0/s1. The number of piperidine rings is 3. The van der Waals surface area contributed by atoms with Gasteiger partial charge >= 0.3 is 0 Å². The number of alkyl halides is 1. The van der Waals surface area contributed by atoms with Crippen molar-refractivity contribution < 1.29 is 9.18 Å². The fourth-order valence-corrected chi connectivity index (χ4v) is 5.06. The van der Waals surface area contributed by atoms with Crippen molar-refractivity contribution in [2.75, 3.05) is 39.3 Å². The third-order valence-electron chi connectivity index (χ3n) is 6.77. The number of pyridine rings is 1. The highest BCUT2D eigenvalue weighted by Crippen LogP contribution is 2.26. The van der Waals surface area contributed by atoms with E-state index in [1.807, 2.05) is 17.3 Å². The third kappa shape index (κ3) is 4.90. The molecule has 3 fully saturated rings. The first kappa shape index (κ1) is 19.8. The van der Waals surface area contributed by atoms with E-state index in [1.54, 1.807) is 0 Å². The van der Waals surface area contributed by atoms with Gasteiger partial charge in [0.1, 0.15) is 6.17 Å². The fourth-order valence-electron chi connectivity index (χ4n) is 5.06. The maximum absolute atomic E-state index is 13.4. The smallest absolute Gasteiger partial charge is 0.226 e. The molecule has 0 spiro atoms. The zero-order valence-electron chi connectivity index (χ0n) is 16.8. The average Bonchev–Trinajstić information content (AvgIpc) is 2.75. The summed E-state index contributed by atoms with van der Waals surface area (Å²) < 4.78 is 13.4. The molecule has 4 heterocycles. The molecule has 4 rings (SSSR count). The lowest BCUT2D eigenvalue weighted by Crippen LogP contribution is -2.52. The topological polar surface area (TPSA) is 39.7 Å². The van der Waals surface area contributed by atoms with Crippen LogP contribution in [0.5, 0.6) is 0 Å². The van der Waals surface area contributed by atoms with Crippen LogP contribution in [-0.2, 0) is 11.3 Å². The molecule has 0 aliphatic carbocycles. The van der Waals surface area contributed by atoms with Crippen LogP contribution in [0, 0.1) is 5.92 Å². The van der Waals surface area contributed by atoms with E-state index < -0.39 is 6.17 Å². The van der Waals surface area contributed by atoms with Gasteiger partial charge in [0, 0.05) is 44.6 Å². The minimum absolute atomic E-state index is 0.111. The van der Waals surface area contributed by atoms with Crippen LogP contribution in [0.1, 0.15) is 44.1 Å². The Morgan fingerprint density at radius 1 is 1.00 bits per heavy atom. The first-order valence-corrected chi connectivity index (χ1v) is 11.0. The molecule has 0 N–H and O–H groups in total. The Morgan fingerprint density at radius 3 is 2.43 bits per heavy atom. The molecule has 0 aromatic carbocycles. The zero-order chi connectivity index (χ0) is 19.3. The third-order valence-corrected chi connectivity index (χ3v) is 6.77. The molecule has 0 radical (unpaired) electrons. The number of carbonyl (C=O) groups is 1. The lowest BCUT2D eigenvalue weighted by atomic mass is 9.92. The minimum atomic E-state index is -0.718. The van der Waals surface area contributed by atoms with E-state index >= 15 is 0 Å². The lowest BCUT2D eigenvalue weighted by Gasteiger charge is -2.43. The Morgan fingerprint density at radius 2 is 1.71 bits per heavy atom. The molecular formula is C22H33FN4O. The highest BCUT2D eigenvalue weighted by atomic mass is 19.1. The number of amides is 1. The van der Waals surface area contributed by atoms with E-state index in [9.17, 15) is 9.18 Å². The molecule has 1 aromatic heterocycles. The van der Waals surface area contributed by atoms with E-state index in [1.165, 1.54) is 18.4 Å². The summed E-state index contributed by atoms with van der Waals surface area (Å²) in [6.45, 7) is 6.45. The van der Waals surface area contributed by atoms with Crippen LogP contribution in [0.15, 0.2) is 24.5 Å². The molecule has 6 heteroatoms. The minimum Gasteiger partial charge on any atom is -0.342 e. The van der Waals surface area contributed by atoms with Crippen LogP contribution in [0.4, 0.5) is 4.39 Å². The highest BCUT2D eigenvalue weighted by Gasteiger charge is 2.34. The number of halogens is 1. The van der Waals surface area contributed by atoms with Crippen molar-refractivity contribution >= 4 is 5.91 Å². The first-order valence-electron chi connectivity index (χ1n) is 11.0. The highest BCUT2D eigenvalue weighted by molar-refractivity contribution is 5.79. The molecule has 1 amide bonds. The number of aromatic nitrogens is 1. The number of rotatable bonds is 4. The first-order chi connectivity index (χ1) is 13.7. The number of hydrogen-bond donors (Lipinski definition) is 0. The van der Waals surface area contributed by atoms with Crippen molar-refractivity contribution in [1.82, 2.24) is 19.7 Å². The molecule has 0 bridgehead atoms. The molecule has 1 aromatic rings. The molecule has 3 saturated heterocycles. The van der Waals surface area contributed by atoms with Crippen LogP contribution in [0.25, 0.3) is 0 Å². The van der Waals surface area contributed by atoms with Gasteiger partial charge < -0.3 is 4.90 Å². The van der Waals surface area contributed by atoms with Gasteiger partial charge in [0.15, 0.2) is 0 Å². The lowest BCUT2D eigenvalue weighted by molar-refractivity contribution is -0.139. The van der Waals surface area contributed by atoms with Crippen molar-refractivity contribution in [1.29, 1.82) is 0 Å². The van der Waals surface area contributed by atoms with Crippen molar-refractivity contribution in [2.45, 2.75) is 57.3 Å². The van der Waals surface area contributed by atoms with E-state index in [0.29, 0.717) is 32.0 Å². The maximum atomic E-state index is 13.4. The Labute approximate surface area is 167 Å². The molecule has 3 aliphatic heterocycles. The van der Waals surface area contributed by atoms with E-state index in [4.69, 9.17) is 0 Å². The largest absolute Gasteiger partial charge is 0.342 e. The second kappa shape index (κ2) is 9.31. The van der Waals surface area contributed by atoms with E-state index in [0.717, 1.165) is 45.6 Å². The number of carbonyl (C=O) groups excluding carboxylic acids is 1. The summed E-state index contributed by atoms with van der Waals surface area (Å²) in [5.74, 6) is 0.381. The predicted molar refractivity (Wildman–Crippen MR) is 108 cm³/mol. The van der Waals surface area contributed by atoms with Gasteiger partial charge in [-0.05, 0) is 75.9 Å². The number of hydrogen-bond acceptors (Lipinski definition) is 4.